The lowest BCUT2D eigenvalue weighted by atomic mass is 9.87. The van der Waals surface area contributed by atoms with E-state index in [0.717, 1.165) is 31.3 Å². The van der Waals surface area contributed by atoms with Crippen molar-refractivity contribution in [2.24, 2.45) is 0 Å². The molecule has 0 aromatic rings. The maximum Gasteiger partial charge on any atom is 0.212 e. The van der Waals surface area contributed by atoms with E-state index in [4.69, 9.17) is 0 Å². The van der Waals surface area contributed by atoms with Crippen molar-refractivity contribution in [3.63, 3.8) is 0 Å². The van der Waals surface area contributed by atoms with Gasteiger partial charge in [0.15, 0.2) is 0 Å². The summed E-state index contributed by atoms with van der Waals surface area (Å²) in [5, 5.41) is 0.00299. The van der Waals surface area contributed by atoms with Gasteiger partial charge in [0.05, 0.1) is 0 Å². The van der Waals surface area contributed by atoms with Gasteiger partial charge in [0.2, 0.25) is 5.12 Å². The maximum absolute atomic E-state index is 11.5. The molecule has 18 heavy (non-hydrogen) atoms. The largest absolute Gasteiger partial charge is 0.321 e. The average molecular weight is 284 g/mol. The first-order valence-corrected chi connectivity index (χ1v) is 10.8. The highest BCUT2D eigenvalue weighted by Gasteiger charge is 2.39. The van der Waals surface area contributed by atoms with Crippen LogP contribution in [0.1, 0.15) is 39.0 Å². The molecule has 1 heterocycles. The van der Waals surface area contributed by atoms with Crippen molar-refractivity contribution in [3.8, 4) is 0 Å². The van der Waals surface area contributed by atoms with Crippen LogP contribution < -0.4 is 0 Å². The third-order valence-corrected chi connectivity index (χ3v) is 8.72. The van der Waals surface area contributed by atoms with E-state index in [2.05, 4.69) is 37.2 Å². The van der Waals surface area contributed by atoms with E-state index in [9.17, 15) is 4.79 Å². The van der Waals surface area contributed by atoms with Crippen molar-refractivity contribution in [2.75, 3.05) is 6.54 Å². The topological polar surface area (TPSA) is 20.3 Å². The van der Waals surface area contributed by atoms with Gasteiger partial charge >= 0.3 is 0 Å². The second-order valence-corrected chi connectivity index (χ2v) is 11.4. The first-order chi connectivity index (χ1) is 8.45. The van der Waals surface area contributed by atoms with Gasteiger partial charge in [-0.25, -0.2) is 0 Å². The normalized spacial score (nSPS) is 28.8. The van der Waals surface area contributed by atoms with Crippen molar-refractivity contribution in [3.05, 3.63) is 11.1 Å². The van der Waals surface area contributed by atoms with Crippen LogP contribution >= 0.6 is 12.6 Å². The Morgan fingerprint density at radius 2 is 2.22 bits per heavy atom. The van der Waals surface area contributed by atoms with Crippen molar-refractivity contribution in [2.45, 2.75) is 64.2 Å². The second kappa shape index (κ2) is 5.51. The van der Waals surface area contributed by atoms with Gasteiger partial charge in [-0.2, -0.15) is 0 Å². The van der Waals surface area contributed by atoms with Crippen LogP contribution in [0.4, 0.5) is 0 Å². The molecule has 1 unspecified atom stereocenters. The second-order valence-electron chi connectivity index (χ2n) is 6.25. The van der Waals surface area contributed by atoms with Crippen molar-refractivity contribution >= 4 is 26.0 Å². The molecular weight excluding hydrogens is 258 g/mol. The fourth-order valence-electron chi connectivity index (χ4n) is 3.68. The van der Waals surface area contributed by atoms with E-state index in [-0.39, 0.29) is 5.12 Å². The predicted molar refractivity (Wildman–Crippen MR) is 82.6 cm³/mol. The zero-order valence-electron chi connectivity index (χ0n) is 11.8. The molecule has 0 spiro atoms. The molecule has 1 aliphatic heterocycles. The monoisotopic (exact) mass is 283 g/mol. The lowest BCUT2D eigenvalue weighted by molar-refractivity contribution is -0.108. The molecule has 0 radical (unpaired) electrons. The zero-order chi connectivity index (χ0) is 13.3. The molecule has 0 bridgehead atoms. The predicted octanol–water partition coefficient (Wildman–Crippen LogP) is 3.61. The van der Waals surface area contributed by atoms with Gasteiger partial charge in [0, 0.05) is 11.6 Å². The van der Waals surface area contributed by atoms with Crippen LogP contribution in [-0.4, -0.2) is 30.5 Å². The van der Waals surface area contributed by atoms with Crippen LogP contribution in [-0.2, 0) is 4.79 Å². The summed E-state index contributed by atoms with van der Waals surface area (Å²) >= 11 is 4.03. The fraction of sp³-hybridized carbons (Fsp3) is 0.786. The quantitative estimate of drug-likeness (QED) is 0.631. The van der Waals surface area contributed by atoms with Crippen LogP contribution in [0.15, 0.2) is 11.1 Å². The van der Waals surface area contributed by atoms with Crippen molar-refractivity contribution < 1.29 is 4.79 Å². The minimum Gasteiger partial charge on any atom is -0.321 e. The number of carbonyl (C=O) groups excluding carboxylic acids is 1. The molecular formula is C14H25NOSSi. The van der Waals surface area contributed by atoms with E-state index in [0.29, 0.717) is 6.04 Å². The van der Waals surface area contributed by atoms with Gasteiger partial charge in [-0.3, -0.25) is 4.79 Å². The molecule has 2 nitrogen and oxygen atoms in total. The highest BCUT2D eigenvalue weighted by atomic mass is 32.1. The molecule has 0 aromatic heterocycles. The van der Waals surface area contributed by atoms with Crippen LogP contribution in [0.25, 0.3) is 0 Å². The lowest BCUT2D eigenvalue weighted by Crippen LogP contribution is -2.50. The third kappa shape index (κ3) is 2.75. The summed E-state index contributed by atoms with van der Waals surface area (Å²) in [5.41, 5.74) is 2.37. The highest BCUT2D eigenvalue weighted by Crippen LogP contribution is 2.37. The van der Waals surface area contributed by atoms with Crippen LogP contribution in [0.2, 0.25) is 19.1 Å². The first-order valence-electron chi connectivity index (χ1n) is 7.16. The Bertz CT molecular complexity index is 378. The molecule has 0 saturated carbocycles. The van der Waals surface area contributed by atoms with Gasteiger partial charge in [-0.15, -0.1) is 12.6 Å². The Morgan fingerprint density at radius 1 is 1.50 bits per heavy atom. The molecule has 0 N–H and O–H groups in total. The molecule has 1 fully saturated rings. The molecule has 1 atom stereocenters. The molecule has 2 rings (SSSR count). The fourth-order valence-corrected chi connectivity index (χ4v) is 7.24. The number of rotatable bonds is 3. The average Bonchev–Trinajstić information content (AvgIpc) is 2.68. The zero-order valence-corrected chi connectivity index (χ0v) is 13.7. The Morgan fingerprint density at radius 3 is 2.72 bits per heavy atom. The summed E-state index contributed by atoms with van der Waals surface area (Å²) in [6.45, 7) is 8.44. The van der Waals surface area contributed by atoms with Gasteiger partial charge in [-0.05, 0) is 44.7 Å². The molecule has 0 amide bonds. The van der Waals surface area contributed by atoms with E-state index in [1.807, 2.05) is 0 Å². The van der Waals surface area contributed by atoms with E-state index in [1.165, 1.54) is 24.6 Å². The van der Waals surface area contributed by atoms with E-state index < -0.39 is 8.24 Å². The molecule has 2 aliphatic rings. The summed E-state index contributed by atoms with van der Waals surface area (Å²) in [6.07, 6.45) is 5.58. The molecule has 0 aromatic carbocycles. The minimum atomic E-state index is -1.14. The van der Waals surface area contributed by atoms with Crippen LogP contribution in [0, 0.1) is 0 Å². The van der Waals surface area contributed by atoms with Gasteiger partial charge in [-0.1, -0.05) is 25.6 Å². The number of thiol groups is 1. The van der Waals surface area contributed by atoms with Crippen molar-refractivity contribution in [1.82, 2.24) is 4.57 Å². The van der Waals surface area contributed by atoms with Gasteiger partial charge in [0.1, 0.15) is 8.24 Å². The Hall–Kier alpha value is -0.0631. The number of hydrogen-bond donors (Lipinski definition) is 1. The SMILES string of the molecule is CCC1=C(C(=O)S)CCC(N2CCC[Si]2(C)C)C1. The van der Waals surface area contributed by atoms with Crippen LogP contribution in [0.5, 0.6) is 0 Å². The van der Waals surface area contributed by atoms with Gasteiger partial charge in [0.25, 0.3) is 0 Å². The Labute approximate surface area is 117 Å². The molecule has 1 saturated heterocycles. The van der Waals surface area contributed by atoms with E-state index >= 15 is 0 Å². The standard InChI is InChI=1S/C14H25NOSSi/c1-4-11-10-12(6-7-13(11)14(16)17)15-8-5-9-18(15,2)3/h12H,4-10H2,1-3H3,(H,16,17). The molecule has 102 valence electrons. The Balaban J connectivity index is 2.14. The van der Waals surface area contributed by atoms with E-state index in [1.54, 1.807) is 0 Å². The third-order valence-electron chi connectivity index (χ3n) is 4.73. The smallest absolute Gasteiger partial charge is 0.212 e. The molecule has 1 aliphatic carbocycles. The summed E-state index contributed by atoms with van der Waals surface area (Å²) in [6, 6.07) is 2.13. The summed E-state index contributed by atoms with van der Waals surface area (Å²) in [5.74, 6) is 0. The summed E-state index contributed by atoms with van der Waals surface area (Å²) in [4.78, 5) is 11.5. The highest BCUT2D eigenvalue weighted by molar-refractivity contribution is 7.97. The lowest BCUT2D eigenvalue weighted by Gasteiger charge is -2.40. The number of nitrogens with zero attached hydrogens (tertiary/aromatic N) is 1. The minimum absolute atomic E-state index is 0.00299. The first kappa shape index (κ1) is 14.3. The maximum atomic E-state index is 11.5. The number of hydrogen-bond acceptors (Lipinski definition) is 2. The van der Waals surface area contributed by atoms with Gasteiger partial charge < -0.3 is 4.57 Å². The Kier molecular flexibility index (Phi) is 4.39. The van der Waals surface area contributed by atoms with Crippen LogP contribution in [0.3, 0.4) is 0 Å². The number of carbonyl (C=O) groups is 1. The van der Waals surface area contributed by atoms with Crippen molar-refractivity contribution in [1.29, 1.82) is 0 Å². The molecule has 4 heteroatoms. The summed E-state index contributed by atoms with van der Waals surface area (Å²) < 4.78 is 2.81. The summed E-state index contributed by atoms with van der Waals surface area (Å²) in [7, 11) is -1.14.